The van der Waals surface area contributed by atoms with Gasteiger partial charge >= 0.3 is 18.2 Å². The average molecular weight is 567 g/mol. The molecule has 1 aromatic rings. The van der Waals surface area contributed by atoms with Crippen molar-refractivity contribution in [1.82, 2.24) is 14.7 Å². The first-order valence-corrected chi connectivity index (χ1v) is 14.4. The summed E-state index contributed by atoms with van der Waals surface area (Å²) in [4.78, 5) is 31.9. The molecule has 4 aliphatic rings. The Morgan fingerprint density at radius 1 is 1.02 bits per heavy atom. The molecular formula is C29H41F3N4O4. The van der Waals surface area contributed by atoms with Crippen molar-refractivity contribution in [3.05, 3.63) is 29.3 Å². The molecule has 0 radical (unpaired) electrons. The quantitative estimate of drug-likeness (QED) is 0.544. The Bertz CT molecular complexity index is 1090. The maximum atomic E-state index is 12.9. The van der Waals surface area contributed by atoms with Crippen molar-refractivity contribution in [1.29, 1.82) is 0 Å². The number of halogens is 3. The van der Waals surface area contributed by atoms with Gasteiger partial charge in [-0.1, -0.05) is 12.1 Å². The van der Waals surface area contributed by atoms with Gasteiger partial charge in [0.15, 0.2) is 6.10 Å². The number of carboxylic acids is 1. The van der Waals surface area contributed by atoms with Crippen LogP contribution in [0.3, 0.4) is 0 Å². The number of aryl methyl sites for hydroxylation is 1. The molecule has 0 saturated carbocycles. The van der Waals surface area contributed by atoms with E-state index in [0.717, 1.165) is 84.7 Å². The van der Waals surface area contributed by atoms with E-state index in [1.54, 1.807) is 0 Å². The van der Waals surface area contributed by atoms with Gasteiger partial charge in [0.1, 0.15) is 0 Å². The fourth-order valence-corrected chi connectivity index (χ4v) is 7.14. The van der Waals surface area contributed by atoms with Crippen LogP contribution in [0.4, 0.5) is 23.7 Å². The topological polar surface area (TPSA) is 76.6 Å². The Balaban J connectivity index is 1.20. The Hall–Kier alpha value is -2.53. The second-order valence-corrected chi connectivity index (χ2v) is 12.5. The van der Waals surface area contributed by atoms with Gasteiger partial charge in [-0.05, 0) is 89.2 Å². The predicted octanol–water partition coefficient (Wildman–Crippen LogP) is 4.50. The molecule has 0 aliphatic carbocycles. The Labute approximate surface area is 234 Å². The standard InChI is InChI=1S/C29H41F3N4O4/c1-21-4-5-23(24(16-21)35-19-27(20-35)7-12-33(13-8-27)18-25(37)38)17-36-11-3-6-28(36)9-14-34(15-10-28)26(39)40-22(2)29(30,31)32/h4-5,16,22H,3,6-15,17-20H2,1-2H3,(H,37,38). The van der Waals surface area contributed by atoms with E-state index in [4.69, 9.17) is 5.11 Å². The summed E-state index contributed by atoms with van der Waals surface area (Å²) >= 11 is 0. The van der Waals surface area contributed by atoms with Gasteiger partial charge < -0.3 is 19.6 Å². The van der Waals surface area contributed by atoms with Gasteiger partial charge in [-0.2, -0.15) is 13.2 Å². The number of carboxylic acid groups (broad SMARTS) is 1. The molecule has 4 heterocycles. The summed E-state index contributed by atoms with van der Waals surface area (Å²) in [5.41, 5.74) is 3.97. The van der Waals surface area contributed by atoms with Gasteiger partial charge in [0, 0.05) is 49.4 Å². The molecule has 1 aromatic carbocycles. The molecule has 8 nitrogen and oxygen atoms in total. The molecule has 11 heteroatoms. The molecule has 40 heavy (non-hydrogen) atoms. The second-order valence-electron chi connectivity index (χ2n) is 12.5. The van der Waals surface area contributed by atoms with Crippen molar-refractivity contribution in [2.24, 2.45) is 5.41 Å². The summed E-state index contributed by atoms with van der Waals surface area (Å²) in [6, 6.07) is 6.65. The van der Waals surface area contributed by atoms with E-state index in [1.165, 1.54) is 21.7 Å². The van der Waals surface area contributed by atoms with Crippen LogP contribution in [0.2, 0.25) is 0 Å². The van der Waals surface area contributed by atoms with E-state index in [-0.39, 0.29) is 17.5 Å². The number of rotatable bonds is 6. The Morgan fingerprint density at radius 3 is 2.33 bits per heavy atom. The molecule has 4 fully saturated rings. The summed E-state index contributed by atoms with van der Waals surface area (Å²) in [5, 5.41) is 9.10. The zero-order valence-corrected chi connectivity index (χ0v) is 23.5. The number of piperidine rings is 2. The number of carbonyl (C=O) groups is 2. The first-order valence-electron chi connectivity index (χ1n) is 14.4. The minimum atomic E-state index is -4.56. The molecule has 1 N–H and O–H groups in total. The number of aliphatic carboxylic acids is 1. The van der Waals surface area contributed by atoms with Crippen LogP contribution < -0.4 is 4.90 Å². The van der Waals surface area contributed by atoms with Crippen molar-refractivity contribution in [2.45, 2.75) is 76.7 Å². The van der Waals surface area contributed by atoms with E-state index in [9.17, 15) is 22.8 Å². The molecule has 4 aliphatic heterocycles. The van der Waals surface area contributed by atoms with Crippen LogP contribution in [0.25, 0.3) is 0 Å². The largest absolute Gasteiger partial charge is 0.480 e. The van der Waals surface area contributed by atoms with Crippen LogP contribution in [0.5, 0.6) is 0 Å². The smallest absolute Gasteiger partial charge is 0.425 e. The number of amides is 1. The fourth-order valence-electron chi connectivity index (χ4n) is 7.14. The first-order chi connectivity index (χ1) is 18.9. The van der Waals surface area contributed by atoms with Gasteiger partial charge in [-0.15, -0.1) is 0 Å². The van der Waals surface area contributed by atoms with Crippen molar-refractivity contribution in [3.8, 4) is 0 Å². The van der Waals surface area contributed by atoms with Gasteiger partial charge in [0.2, 0.25) is 0 Å². The number of hydrogen-bond acceptors (Lipinski definition) is 6. The van der Waals surface area contributed by atoms with E-state index >= 15 is 0 Å². The molecule has 0 aromatic heterocycles. The highest BCUT2D eigenvalue weighted by molar-refractivity contribution is 5.69. The number of hydrogen-bond donors (Lipinski definition) is 1. The van der Waals surface area contributed by atoms with Crippen LogP contribution in [-0.4, -0.2) is 102 Å². The van der Waals surface area contributed by atoms with Crippen molar-refractivity contribution >= 4 is 17.7 Å². The molecule has 222 valence electrons. The molecule has 2 spiro atoms. The molecule has 1 amide bonds. The maximum absolute atomic E-state index is 12.9. The van der Waals surface area contributed by atoms with Crippen LogP contribution >= 0.6 is 0 Å². The van der Waals surface area contributed by atoms with Crippen molar-refractivity contribution in [2.75, 3.05) is 57.3 Å². The Kier molecular flexibility index (Phi) is 8.00. The van der Waals surface area contributed by atoms with Crippen LogP contribution in [0.15, 0.2) is 18.2 Å². The molecule has 5 rings (SSSR count). The third kappa shape index (κ3) is 6.05. The predicted molar refractivity (Wildman–Crippen MR) is 144 cm³/mol. The van der Waals surface area contributed by atoms with E-state index < -0.39 is 24.3 Å². The van der Waals surface area contributed by atoms with Gasteiger partial charge in [0.25, 0.3) is 0 Å². The van der Waals surface area contributed by atoms with Crippen molar-refractivity contribution < 1.29 is 32.6 Å². The van der Waals surface area contributed by atoms with Crippen molar-refractivity contribution in [3.63, 3.8) is 0 Å². The third-order valence-corrected chi connectivity index (χ3v) is 9.70. The lowest BCUT2D eigenvalue weighted by molar-refractivity contribution is -0.200. The lowest BCUT2D eigenvalue weighted by atomic mass is 9.71. The highest BCUT2D eigenvalue weighted by atomic mass is 19.4. The highest BCUT2D eigenvalue weighted by Gasteiger charge is 2.47. The number of carbonyl (C=O) groups excluding carboxylic acids is 1. The van der Waals surface area contributed by atoms with E-state index in [0.29, 0.717) is 13.1 Å². The lowest BCUT2D eigenvalue weighted by Gasteiger charge is -2.55. The molecule has 0 bridgehead atoms. The number of ether oxygens (including phenoxy) is 1. The van der Waals surface area contributed by atoms with Gasteiger partial charge in [-0.3, -0.25) is 14.6 Å². The van der Waals surface area contributed by atoms with Crippen LogP contribution in [0.1, 0.15) is 56.6 Å². The zero-order chi connectivity index (χ0) is 28.7. The normalized spacial score (nSPS) is 23.8. The summed E-state index contributed by atoms with van der Waals surface area (Å²) in [5.74, 6) is -0.767. The summed E-state index contributed by atoms with van der Waals surface area (Å²) in [6.45, 7) is 9.29. The van der Waals surface area contributed by atoms with Gasteiger partial charge in [-0.25, -0.2) is 4.79 Å². The minimum Gasteiger partial charge on any atom is -0.480 e. The lowest BCUT2D eigenvalue weighted by Crippen LogP contribution is -2.61. The summed E-state index contributed by atoms with van der Waals surface area (Å²) in [6.07, 6.45) is -1.98. The number of anilines is 1. The monoisotopic (exact) mass is 566 g/mol. The van der Waals surface area contributed by atoms with Crippen LogP contribution in [0, 0.1) is 12.3 Å². The Morgan fingerprint density at radius 2 is 1.70 bits per heavy atom. The zero-order valence-electron chi connectivity index (χ0n) is 23.5. The fraction of sp³-hybridized carbons (Fsp3) is 0.724. The SMILES string of the molecule is Cc1ccc(CN2CCCC23CCN(C(=O)OC(C)C(F)(F)F)CC3)c(N2CC3(CCN(CC(=O)O)CC3)C2)c1. The number of alkyl halides is 3. The molecule has 1 atom stereocenters. The first kappa shape index (κ1) is 29.0. The van der Waals surface area contributed by atoms with Gasteiger partial charge in [0.05, 0.1) is 6.54 Å². The van der Waals surface area contributed by atoms with E-state index in [2.05, 4.69) is 39.7 Å². The summed E-state index contributed by atoms with van der Waals surface area (Å²) < 4.78 is 43.2. The van der Waals surface area contributed by atoms with Crippen LogP contribution in [-0.2, 0) is 16.1 Å². The average Bonchev–Trinajstić information content (AvgIpc) is 3.25. The number of benzene rings is 1. The molecule has 1 unspecified atom stereocenters. The third-order valence-electron chi connectivity index (χ3n) is 9.70. The van der Waals surface area contributed by atoms with E-state index in [1.807, 2.05) is 4.90 Å². The highest BCUT2D eigenvalue weighted by Crippen LogP contribution is 2.45. The molecule has 4 saturated heterocycles. The maximum Gasteiger partial charge on any atom is 0.425 e. The second kappa shape index (κ2) is 11.0. The number of likely N-dealkylation sites (tertiary alicyclic amines) is 3. The summed E-state index contributed by atoms with van der Waals surface area (Å²) in [7, 11) is 0. The number of nitrogens with zero attached hydrogens (tertiary/aromatic N) is 4. The minimum absolute atomic E-state index is 0.0539. The molecular weight excluding hydrogens is 525 g/mol.